The third-order valence-electron chi connectivity index (χ3n) is 2.78. The van der Waals surface area contributed by atoms with E-state index < -0.39 is 6.10 Å². The van der Waals surface area contributed by atoms with Crippen LogP contribution < -0.4 is 16.0 Å². The Balaban J connectivity index is 2.88. The Morgan fingerprint density at radius 2 is 2.11 bits per heavy atom. The molecule has 3 N–H and O–H groups in total. The summed E-state index contributed by atoms with van der Waals surface area (Å²) in [5.41, 5.74) is 3.34. The summed E-state index contributed by atoms with van der Waals surface area (Å²) < 4.78 is 5.66. The lowest BCUT2D eigenvalue weighted by molar-refractivity contribution is -0.128. The van der Waals surface area contributed by atoms with Gasteiger partial charge in [0, 0.05) is 0 Å². The van der Waals surface area contributed by atoms with Crippen LogP contribution in [0.2, 0.25) is 0 Å². The van der Waals surface area contributed by atoms with Crippen LogP contribution in [-0.4, -0.2) is 12.0 Å². The van der Waals surface area contributed by atoms with Crippen molar-refractivity contribution in [2.24, 2.45) is 5.84 Å². The molecule has 0 aliphatic carbocycles. The molecule has 100 valence electrons. The molecule has 1 rings (SSSR count). The van der Waals surface area contributed by atoms with E-state index in [0.29, 0.717) is 12.2 Å². The summed E-state index contributed by atoms with van der Waals surface area (Å²) in [6.07, 6.45) is 0.0215. The molecule has 0 aliphatic rings. The van der Waals surface area contributed by atoms with Crippen molar-refractivity contribution >= 4 is 5.91 Å². The number of hydrazine groups is 1. The minimum Gasteiger partial charge on any atom is -0.481 e. The molecule has 1 aromatic carbocycles. The van der Waals surface area contributed by atoms with E-state index in [4.69, 9.17) is 10.6 Å². The van der Waals surface area contributed by atoms with Gasteiger partial charge in [-0.2, -0.15) is 0 Å². The quantitative estimate of drug-likeness (QED) is 0.489. The van der Waals surface area contributed by atoms with Gasteiger partial charge in [-0.15, -0.1) is 0 Å². The molecule has 0 saturated carbocycles. The number of amides is 1. The maximum Gasteiger partial charge on any atom is 0.274 e. The van der Waals surface area contributed by atoms with E-state index in [1.165, 1.54) is 5.56 Å². The largest absolute Gasteiger partial charge is 0.481 e. The number of benzene rings is 1. The molecule has 0 aliphatic heterocycles. The lowest BCUT2D eigenvalue weighted by atomic mass is 9.87. The third kappa shape index (κ3) is 3.74. The van der Waals surface area contributed by atoms with Crippen LogP contribution in [0.5, 0.6) is 5.75 Å². The second-order valence-corrected chi connectivity index (χ2v) is 5.30. The molecule has 0 fully saturated rings. The minimum atomic E-state index is -0.551. The Hall–Kier alpha value is -1.55. The summed E-state index contributed by atoms with van der Waals surface area (Å²) in [4.78, 5) is 11.5. The first-order chi connectivity index (χ1) is 8.38. The van der Waals surface area contributed by atoms with Crippen molar-refractivity contribution in [2.45, 2.75) is 45.6 Å². The molecule has 0 radical (unpaired) electrons. The highest BCUT2D eigenvalue weighted by Gasteiger charge is 2.19. The van der Waals surface area contributed by atoms with Crippen molar-refractivity contribution in [3.8, 4) is 5.75 Å². The highest BCUT2D eigenvalue weighted by atomic mass is 16.5. The van der Waals surface area contributed by atoms with E-state index in [9.17, 15) is 4.79 Å². The van der Waals surface area contributed by atoms with Gasteiger partial charge in [0.2, 0.25) is 0 Å². The van der Waals surface area contributed by atoms with Gasteiger partial charge in [-0.05, 0) is 29.5 Å². The summed E-state index contributed by atoms with van der Waals surface area (Å²) in [5, 5.41) is 0. The van der Waals surface area contributed by atoms with Crippen LogP contribution in [0.4, 0.5) is 0 Å². The predicted molar refractivity (Wildman–Crippen MR) is 72.2 cm³/mol. The fourth-order valence-corrected chi connectivity index (χ4v) is 1.62. The van der Waals surface area contributed by atoms with Gasteiger partial charge in [-0.1, -0.05) is 39.8 Å². The zero-order valence-corrected chi connectivity index (χ0v) is 11.5. The SMILES string of the molecule is CCC(Oc1cccc(C(C)(C)C)c1)C(=O)NN. The molecule has 4 nitrogen and oxygen atoms in total. The van der Waals surface area contributed by atoms with E-state index in [-0.39, 0.29) is 11.3 Å². The fourth-order valence-electron chi connectivity index (χ4n) is 1.62. The van der Waals surface area contributed by atoms with Crippen molar-refractivity contribution in [3.63, 3.8) is 0 Å². The molecule has 0 bridgehead atoms. The zero-order chi connectivity index (χ0) is 13.8. The first kappa shape index (κ1) is 14.5. The fraction of sp³-hybridized carbons (Fsp3) is 0.500. The summed E-state index contributed by atoms with van der Waals surface area (Å²) >= 11 is 0. The monoisotopic (exact) mass is 250 g/mol. The summed E-state index contributed by atoms with van der Waals surface area (Å²) in [6, 6.07) is 7.80. The lowest BCUT2D eigenvalue weighted by Gasteiger charge is -2.21. The van der Waals surface area contributed by atoms with Gasteiger partial charge in [-0.25, -0.2) is 5.84 Å². The van der Waals surface area contributed by atoms with Crippen LogP contribution in [-0.2, 0) is 10.2 Å². The Bertz CT molecular complexity index is 411. The van der Waals surface area contributed by atoms with E-state index in [1.54, 1.807) is 0 Å². The second kappa shape index (κ2) is 5.87. The molecule has 4 heteroatoms. The van der Waals surface area contributed by atoms with Crippen LogP contribution in [0, 0.1) is 0 Å². The van der Waals surface area contributed by atoms with E-state index in [0.717, 1.165) is 0 Å². The molecule has 0 heterocycles. The number of hydrogen-bond acceptors (Lipinski definition) is 3. The lowest BCUT2D eigenvalue weighted by Crippen LogP contribution is -2.41. The molecule has 1 amide bonds. The van der Waals surface area contributed by atoms with Gasteiger partial charge in [0.25, 0.3) is 5.91 Å². The second-order valence-electron chi connectivity index (χ2n) is 5.30. The number of hydrogen-bond donors (Lipinski definition) is 2. The first-order valence-corrected chi connectivity index (χ1v) is 6.16. The Morgan fingerprint density at radius 3 is 2.61 bits per heavy atom. The van der Waals surface area contributed by atoms with Gasteiger partial charge in [0.1, 0.15) is 5.75 Å². The van der Waals surface area contributed by atoms with Crippen molar-refractivity contribution < 1.29 is 9.53 Å². The Morgan fingerprint density at radius 1 is 1.44 bits per heavy atom. The summed E-state index contributed by atoms with van der Waals surface area (Å²) in [7, 11) is 0. The van der Waals surface area contributed by atoms with Gasteiger partial charge < -0.3 is 4.74 Å². The van der Waals surface area contributed by atoms with E-state index in [1.807, 2.05) is 25.1 Å². The van der Waals surface area contributed by atoms with E-state index in [2.05, 4.69) is 32.3 Å². The predicted octanol–water partition coefficient (Wildman–Crippen LogP) is 2.13. The van der Waals surface area contributed by atoms with E-state index >= 15 is 0 Å². The smallest absolute Gasteiger partial charge is 0.274 e. The molecular formula is C14H22N2O2. The van der Waals surface area contributed by atoms with Crippen LogP contribution in [0.15, 0.2) is 24.3 Å². The number of ether oxygens (including phenoxy) is 1. The van der Waals surface area contributed by atoms with Crippen molar-refractivity contribution in [2.75, 3.05) is 0 Å². The zero-order valence-electron chi connectivity index (χ0n) is 11.5. The van der Waals surface area contributed by atoms with Gasteiger partial charge in [0.05, 0.1) is 0 Å². The number of rotatable bonds is 4. The van der Waals surface area contributed by atoms with Crippen LogP contribution in [0.3, 0.4) is 0 Å². The standard InChI is InChI=1S/C14H22N2O2/c1-5-12(13(17)16-15)18-11-8-6-7-10(9-11)14(2,3)4/h6-9,12H,5,15H2,1-4H3,(H,16,17). The normalized spacial score (nSPS) is 12.9. The first-order valence-electron chi connectivity index (χ1n) is 6.16. The highest BCUT2D eigenvalue weighted by Crippen LogP contribution is 2.26. The number of carbonyl (C=O) groups is 1. The summed E-state index contributed by atoms with van der Waals surface area (Å²) in [5.74, 6) is 5.51. The minimum absolute atomic E-state index is 0.0528. The van der Waals surface area contributed by atoms with Crippen LogP contribution in [0.1, 0.15) is 39.7 Å². The topological polar surface area (TPSA) is 64.3 Å². The van der Waals surface area contributed by atoms with Crippen LogP contribution in [0.25, 0.3) is 0 Å². The van der Waals surface area contributed by atoms with Gasteiger partial charge in [-0.3, -0.25) is 10.2 Å². The third-order valence-corrected chi connectivity index (χ3v) is 2.78. The maximum atomic E-state index is 11.5. The Kier molecular flexibility index (Phi) is 4.73. The number of nitrogens with one attached hydrogen (secondary N) is 1. The number of carbonyl (C=O) groups excluding carboxylic acids is 1. The molecule has 1 unspecified atom stereocenters. The molecule has 0 aromatic heterocycles. The maximum absolute atomic E-state index is 11.5. The Labute approximate surface area is 108 Å². The van der Waals surface area contributed by atoms with Gasteiger partial charge >= 0.3 is 0 Å². The van der Waals surface area contributed by atoms with Crippen molar-refractivity contribution in [1.29, 1.82) is 0 Å². The average molecular weight is 250 g/mol. The molecule has 0 saturated heterocycles. The van der Waals surface area contributed by atoms with Crippen molar-refractivity contribution in [3.05, 3.63) is 29.8 Å². The molecular weight excluding hydrogens is 228 g/mol. The highest BCUT2D eigenvalue weighted by molar-refractivity contribution is 5.80. The summed E-state index contributed by atoms with van der Waals surface area (Å²) in [6.45, 7) is 8.29. The van der Waals surface area contributed by atoms with Crippen molar-refractivity contribution in [1.82, 2.24) is 5.43 Å². The molecule has 0 spiro atoms. The average Bonchev–Trinajstić information content (AvgIpc) is 2.34. The number of nitrogens with two attached hydrogens (primary N) is 1. The molecule has 1 aromatic rings. The van der Waals surface area contributed by atoms with Gasteiger partial charge in [0.15, 0.2) is 6.10 Å². The molecule has 1 atom stereocenters. The molecule has 18 heavy (non-hydrogen) atoms. The van der Waals surface area contributed by atoms with Crippen LogP contribution >= 0.6 is 0 Å².